The van der Waals surface area contributed by atoms with Gasteiger partial charge in [0, 0.05) is 5.56 Å². The lowest BCUT2D eigenvalue weighted by Gasteiger charge is -1.99. The summed E-state index contributed by atoms with van der Waals surface area (Å²) in [6, 6.07) is 7.05. The molecule has 0 N–H and O–H groups in total. The molecule has 0 atom stereocenters. The minimum absolute atomic E-state index is 0.0781. The fraction of sp³-hybridized carbons (Fsp3) is 0.222. The fourth-order valence-corrected chi connectivity index (χ4v) is 1.08. The zero-order chi connectivity index (χ0) is 8.97. The molecular weight excluding hydrogens is 172 g/mol. The van der Waals surface area contributed by atoms with Crippen LogP contribution in [-0.2, 0) is 12.6 Å². The Bertz CT molecular complexity index is 266. The van der Waals surface area contributed by atoms with Gasteiger partial charge in [0.2, 0.25) is 5.78 Å². The van der Waals surface area contributed by atoms with Gasteiger partial charge in [-0.05, 0) is 36.9 Å². The van der Waals surface area contributed by atoms with Crippen LogP contribution >= 0.6 is 0 Å². The molecular formula is C9H11O2S+. The number of hydrogen-bond acceptors (Lipinski definition) is 2. The quantitative estimate of drug-likeness (QED) is 0.514. The number of methoxy groups -OCH3 is 1. The molecule has 3 heteroatoms. The second-order valence-corrected chi connectivity index (χ2v) is 2.68. The van der Waals surface area contributed by atoms with Crippen molar-refractivity contribution in [3.05, 3.63) is 29.8 Å². The van der Waals surface area contributed by atoms with Gasteiger partial charge < -0.3 is 4.74 Å². The van der Waals surface area contributed by atoms with Crippen LogP contribution in [-0.4, -0.2) is 18.6 Å². The second-order valence-electron chi connectivity index (χ2n) is 2.33. The van der Waals surface area contributed by atoms with Crippen molar-refractivity contribution in [1.29, 1.82) is 0 Å². The van der Waals surface area contributed by atoms with E-state index in [4.69, 9.17) is 4.74 Å². The van der Waals surface area contributed by atoms with E-state index in [0.717, 1.165) is 5.75 Å². The Kier molecular flexibility index (Phi) is 3.17. The average molecular weight is 183 g/mol. The summed E-state index contributed by atoms with van der Waals surface area (Å²) in [5, 5.41) is 0. The molecule has 0 heterocycles. The highest BCUT2D eigenvalue weighted by Gasteiger charge is 2.04. The van der Waals surface area contributed by atoms with Gasteiger partial charge in [-0.25, -0.2) is 0 Å². The van der Waals surface area contributed by atoms with Gasteiger partial charge in [-0.2, -0.15) is 0 Å². The second kappa shape index (κ2) is 4.16. The molecule has 0 aromatic heterocycles. The van der Waals surface area contributed by atoms with Crippen molar-refractivity contribution in [3.63, 3.8) is 0 Å². The van der Waals surface area contributed by atoms with E-state index < -0.39 is 0 Å². The van der Waals surface area contributed by atoms with Gasteiger partial charge in [0.25, 0.3) is 0 Å². The van der Waals surface area contributed by atoms with Crippen molar-refractivity contribution in [2.24, 2.45) is 0 Å². The van der Waals surface area contributed by atoms with Gasteiger partial charge in [-0.1, -0.05) is 0 Å². The molecule has 0 amide bonds. The summed E-state index contributed by atoms with van der Waals surface area (Å²) in [7, 11) is 1.60. The first-order valence-electron chi connectivity index (χ1n) is 3.59. The Morgan fingerprint density at radius 3 is 2.42 bits per heavy atom. The summed E-state index contributed by atoms with van der Waals surface area (Å²) in [5.41, 5.74) is 0.700. The molecule has 0 bridgehead atoms. The molecule has 0 aliphatic heterocycles. The molecule has 1 aromatic rings. The predicted molar refractivity (Wildman–Crippen MR) is 52.3 cm³/mol. The Balaban J connectivity index is 2.84. The molecule has 0 aliphatic carbocycles. The van der Waals surface area contributed by atoms with E-state index in [2.05, 4.69) is 12.6 Å². The molecule has 12 heavy (non-hydrogen) atoms. The molecule has 0 fully saturated rings. The maximum Gasteiger partial charge on any atom is 0.211 e. The topological polar surface area (TPSA) is 26.3 Å². The number of hydrogen-bond donors (Lipinski definition) is 0. The maximum atomic E-state index is 11.1. The highest BCUT2D eigenvalue weighted by molar-refractivity contribution is 7.59. The van der Waals surface area contributed by atoms with Crippen LogP contribution in [0.25, 0.3) is 0 Å². The van der Waals surface area contributed by atoms with Crippen LogP contribution in [0.5, 0.6) is 5.75 Å². The van der Waals surface area contributed by atoms with E-state index in [9.17, 15) is 4.79 Å². The first kappa shape index (κ1) is 9.13. The minimum Gasteiger partial charge on any atom is -0.497 e. The highest BCUT2D eigenvalue weighted by Crippen LogP contribution is 2.11. The molecule has 0 saturated carbocycles. The van der Waals surface area contributed by atoms with Crippen molar-refractivity contribution in [1.82, 2.24) is 0 Å². The molecule has 2 nitrogen and oxygen atoms in total. The number of ether oxygens (including phenoxy) is 1. The van der Waals surface area contributed by atoms with Crippen molar-refractivity contribution in [2.45, 2.75) is 0 Å². The third-order valence-electron chi connectivity index (χ3n) is 1.57. The minimum atomic E-state index is 0.0781. The third-order valence-corrected chi connectivity index (χ3v) is 1.89. The van der Waals surface area contributed by atoms with Crippen molar-refractivity contribution >= 4 is 18.4 Å². The van der Waals surface area contributed by atoms with Crippen LogP contribution in [0.1, 0.15) is 10.4 Å². The average Bonchev–Trinajstić information content (AvgIpc) is 2.17. The standard InChI is InChI=1S/C9H10O2S/c1-11-8-4-2-7(3-5-8)9(10)6-12/h2-5,12H,6H2,1H3/p+1. The molecule has 1 rings (SSSR count). The SMILES string of the molecule is COc1ccc(C(=O)C[SH2+])cc1. The number of carbonyl (C=O) groups is 1. The van der Waals surface area contributed by atoms with Crippen LogP contribution in [0, 0.1) is 0 Å². The van der Waals surface area contributed by atoms with E-state index >= 15 is 0 Å². The Hall–Kier alpha value is -0.960. The lowest BCUT2D eigenvalue weighted by molar-refractivity contribution is 0.102. The summed E-state index contributed by atoms with van der Waals surface area (Å²) in [5.74, 6) is 1.20. The van der Waals surface area contributed by atoms with Crippen LogP contribution < -0.4 is 4.74 Å². The Morgan fingerprint density at radius 2 is 2.00 bits per heavy atom. The zero-order valence-electron chi connectivity index (χ0n) is 6.83. The number of ketones is 1. The maximum absolute atomic E-state index is 11.1. The zero-order valence-corrected chi connectivity index (χ0v) is 7.83. The van der Waals surface area contributed by atoms with E-state index in [-0.39, 0.29) is 5.78 Å². The van der Waals surface area contributed by atoms with E-state index in [1.165, 1.54) is 0 Å². The summed E-state index contributed by atoms with van der Waals surface area (Å²) < 4.78 is 4.96. The Morgan fingerprint density at radius 1 is 1.42 bits per heavy atom. The summed E-state index contributed by atoms with van der Waals surface area (Å²) in [6.45, 7) is 0. The molecule has 0 spiro atoms. The summed E-state index contributed by atoms with van der Waals surface area (Å²) >= 11 is 3.15. The lowest BCUT2D eigenvalue weighted by Crippen LogP contribution is -2.01. The van der Waals surface area contributed by atoms with Crippen LogP contribution in [0.15, 0.2) is 24.3 Å². The molecule has 0 aliphatic rings. The normalized spacial score (nSPS) is 9.50. The van der Waals surface area contributed by atoms with E-state index in [0.29, 0.717) is 11.3 Å². The first-order valence-corrected chi connectivity index (χ1v) is 4.30. The number of Topliss-reactive ketones (excluding diaryl/α,β-unsaturated/α-hetero) is 1. The van der Waals surface area contributed by atoms with Gasteiger partial charge in [0.05, 0.1) is 7.11 Å². The summed E-state index contributed by atoms with van der Waals surface area (Å²) in [6.07, 6.45) is 0. The van der Waals surface area contributed by atoms with Crippen LogP contribution in [0.4, 0.5) is 0 Å². The van der Waals surface area contributed by atoms with E-state index in [1.807, 2.05) is 0 Å². The van der Waals surface area contributed by atoms with Gasteiger partial charge in [-0.3, -0.25) is 4.79 Å². The van der Waals surface area contributed by atoms with Gasteiger partial charge in [-0.15, -0.1) is 0 Å². The molecule has 1 aromatic carbocycles. The third kappa shape index (κ3) is 2.01. The van der Waals surface area contributed by atoms with Crippen LogP contribution in [0.3, 0.4) is 0 Å². The van der Waals surface area contributed by atoms with Crippen LogP contribution in [0.2, 0.25) is 0 Å². The van der Waals surface area contributed by atoms with Gasteiger partial charge in [0.15, 0.2) is 5.75 Å². The van der Waals surface area contributed by atoms with Crippen molar-refractivity contribution < 1.29 is 9.53 Å². The monoisotopic (exact) mass is 183 g/mol. The predicted octanol–water partition coefficient (Wildman–Crippen LogP) is 0.889. The highest BCUT2D eigenvalue weighted by atomic mass is 32.1. The first-order chi connectivity index (χ1) is 5.77. The Labute approximate surface area is 77.0 Å². The van der Waals surface area contributed by atoms with Crippen molar-refractivity contribution in [3.8, 4) is 5.75 Å². The molecule has 0 radical (unpaired) electrons. The number of benzene rings is 1. The number of carbonyl (C=O) groups excluding carboxylic acids is 1. The number of rotatable bonds is 3. The molecule has 0 saturated heterocycles. The molecule has 64 valence electrons. The largest absolute Gasteiger partial charge is 0.497 e. The lowest BCUT2D eigenvalue weighted by atomic mass is 10.1. The fourth-order valence-electron chi connectivity index (χ4n) is 0.879. The smallest absolute Gasteiger partial charge is 0.211 e. The van der Waals surface area contributed by atoms with Crippen molar-refractivity contribution in [2.75, 3.05) is 12.9 Å². The van der Waals surface area contributed by atoms with Gasteiger partial charge in [0.1, 0.15) is 5.75 Å². The molecule has 0 unspecified atom stereocenters. The van der Waals surface area contributed by atoms with Gasteiger partial charge >= 0.3 is 0 Å². The van der Waals surface area contributed by atoms with E-state index in [1.54, 1.807) is 31.4 Å². The summed E-state index contributed by atoms with van der Waals surface area (Å²) in [4.78, 5) is 11.1.